The molecule has 0 saturated heterocycles. The minimum atomic E-state index is 1.13. The number of nitrogens with zero attached hydrogens (tertiary/aromatic N) is 1. The molecule has 0 aliphatic rings. The van der Waals surface area contributed by atoms with Crippen LogP contribution in [-0.4, -0.2) is 11.4 Å². The van der Waals surface area contributed by atoms with E-state index < -0.39 is 0 Å². The van der Waals surface area contributed by atoms with E-state index in [0.29, 0.717) is 0 Å². The summed E-state index contributed by atoms with van der Waals surface area (Å²) < 4.78 is 2.11. The fourth-order valence-corrected chi connectivity index (χ4v) is 1.26. The number of pyridine rings is 1. The second kappa shape index (κ2) is 2.31. The van der Waals surface area contributed by atoms with Crippen LogP contribution in [0.25, 0.3) is 5.52 Å². The van der Waals surface area contributed by atoms with Crippen LogP contribution in [-0.2, 0) is 0 Å². The smallest absolute Gasteiger partial charge is 0.110 e. The van der Waals surface area contributed by atoms with Gasteiger partial charge < -0.3 is 9.72 Å². The Morgan fingerprint density at radius 2 is 2.09 bits per heavy atom. The van der Waals surface area contributed by atoms with Crippen molar-refractivity contribution in [2.45, 2.75) is 0 Å². The number of hydrogen-bond donors (Lipinski definition) is 1. The van der Waals surface area contributed by atoms with Gasteiger partial charge in [-0.1, -0.05) is 6.07 Å². The summed E-state index contributed by atoms with van der Waals surface area (Å²) >= 11 is 0. The van der Waals surface area contributed by atoms with E-state index in [1.54, 1.807) is 0 Å². The predicted molar refractivity (Wildman–Crippen MR) is 46.9 cm³/mol. The second-order valence-corrected chi connectivity index (χ2v) is 2.46. The molecule has 11 heavy (non-hydrogen) atoms. The van der Waals surface area contributed by atoms with Gasteiger partial charge in [-0.2, -0.15) is 0 Å². The van der Waals surface area contributed by atoms with E-state index in [0.717, 1.165) is 5.82 Å². The molecule has 1 N–H and O–H groups in total. The molecule has 0 radical (unpaired) electrons. The standard InChI is InChI=1S/C9H10N2/c1-10-9-6-5-8-4-2-3-7-11(8)9/h2-7,10H,1H3. The molecule has 0 fully saturated rings. The van der Waals surface area contributed by atoms with Gasteiger partial charge in [-0.25, -0.2) is 0 Å². The number of hydrogen-bond acceptors (Lipinski definition) is 1. The maximum Gasteiger partial charge on any atom is 0.110 e. The van der Waals surface area contributed by atoms with E-state index in [-0.39, 0.29) is 0 Å². The Labute approximate surface area is 65.5 Å². The molecule has 2 aromatic rings. The van der Waals surface area contributed by atoms with Crippen molar-refractivity contribution in [2.24, 2.45) is 0 Å². The largest absolute Gasteiger partial charge is 0.374 e. The Morgan fingerprint density at radius 3 is 2.91 bits per heavy atom. The van der Waals surface area contributed by atoms with Crippen molar-refractivity contribution in [2.75, 3.05) is 12.4 Å². The maximum atomic E-state index is 3.11. The Bertz CT molecular complexity index is 362. The molecule has 2 nitrogen and oxygen atoms in total. The SMILES string of the molecule is CNc1ccc2ccccn12. The average molecular weight is 146 g/mol. The highest BCUT2D eigenvalue weighted by atomic mass is 15.0. The summed E-state index contributed by atoms with van der Waals surface area (Å²) in [5.41, 5.74) is 1.22. The van der Waals surface area contributed by atoms with Crippen LogP contribution in [0.15, 0.2) is 36.5 Å². The molecular weight excluding hydrogens is 136 g/mol. The van der Waals surface area contributed by atoms with Gasteiger partial charge in [-0.05, 0) is 24.3 Å². The highest BCUT2D eigenvalue weighted by molar-refractivity contribution is 5.57. The van der Waals surface area contributed by atoms with Gasteiger partial charge in [0.15, 0.2) is 0 Å². The zero-order valence-electron chi connectivity index (χ0n) is 6.41. The number of nitrogens with one attached hydrogen (secondary N) is 1. The van der Waals surface area contributed by atoms with Gasteiger partial charge in [0.2, 0.25) is 0 Å². The van der Waals surface area contributed by atoms with Crippen molar-refractivity contribution >= 4 is 11.3 Å². The van der Waals surface area contributed by atoms with Gasteiger partial charge in [-0.15, -0.1) is 0 Å². The fourth-order valence-electron chi connectivity index (χ4n) is 1.26. The van der Waals surface area contributed by atoms with Crippen molar-refractivity contribution in [3.8, 4) is 0 Å². The summed E-state index contributed by atoms with van der Waals surface area (Å²) in [6.07, 6.45) is 2.04. The van der Waals surface area contributed by atoms with E-state index in [9.17, 15) is 0 Å². The molecular formula is C9H10N2. The number of fused-ring (bicyclic) bond motifs is 1. The van der Waals surface area contributed by atoms with Gasteiger partial charge in [0.05, 0.1) is 0 Å². The summed E-state index contributed by atoms with van der Waals surface area (Å²) in [6, 6.07) is 10.3. The third kappa shape index (κ3) is 0.871. The Hall–Kier alpha value is -1.44. The van der Waals surface area contributed by atoms with Crippen LogP contribution >= 0.6 is 0 Å². The molecule has 0 atom stereocenters. The molecule has 2 aromatic heterocycles. The fraction of sp³-hybridized carbons (Fsp3) is 0.111. The Morgan fingerprint density at radius 1 is 1.18 bits per heavy atom. The van der Waals surface area contributed by atoms with Crippen LogP contribution in [0.2, 0.25) is 0 Å². The molecule has 0 aliphatic heterocycles. The van der Waals surface area contributed by atoms with Gasteiger partial charge in [0, 0.05) is 18.8 Å². The molecule has 0 amide bonds. The monoisotopic (exact) mass is 146 g/mol. The lowest BCUT2D eigenvalue weighted by molar-refractivity contribution is 1.18. The second-order valence-electron chi connectivity index (χ2n) is 2.46. The normalized spacial score (nSPS) is 10.3. The van der Waals surface area contributed by atoms with Gasteiger partial charge in [-0.3, -0.25) is 0 Å². The van der Waals surface area contributed by atoms with Crippen LogP contribution in [0.3, 0.4) is 0 Å². The lowest BCUT2D eigenvalue weighted by Gasteiger charge is -1.99. The van der Waals surface area contributed by atoms with Crippen LogP contribution in [0.4, 0.5) is 5.82 Å². The highest BCUT2D eigenvalue weighted by Gasteiger charge is 1.95. The zero-order chi connectivity index (χ0) is 7.68. The number of anilines is 1. The minimum absolute atomic E-state index is 1.13. The first-order valence-electron chi connectivity index (χ1n) is 3.65. The van der Waals surface area contributed by atoms with Crippen molar-refractivity contribution in [3.63, 3.8) is 0 Å². The first kappa shape index (κ1) is 6.28. The molecule has 0 aliphatic carbocycles. The molecule has 2 heteroatoms. The minimum Gasteiger partial charge on any atom is -0.374 e. The molecule has 2 heterocycles. The third-order valence-corrected chi connectivity index (χ3v) is 1.82. The van der Waals surface area contributed by atoms with Crippen molar-refractivity contribution in [1.82, 2.24) is 4.40 Å². The third-order valence-electron chi connectivity index (χ3n) is 1.82. The quantitative estimate of drug-likeness (QED) is 0.650. The first-order chi connectivity index (χ1) is 5.42. The van der Waals surface area contributed by atoms with Crippen molar-refractivity contribution < 1.29 is 0 Å². The number of aromatic nitrogens is 1. The van der Waals surface area contributed by atoms with Crippen LogP contribution in [0.1, 0.15) is 0 Å². The van der Waals surface area contributed by atoms with Crippen LogP contribution < -0.4 is 5.32 Å². The summed E-state index contributed by atoms with van der Waals surface area (Å²) in [7, 11) is 1.93. The predicted octanol–water partition coefficient (Wildman–Crippen LogP) is 1.98. The maximum absolute atomic E-state index is 3.11. The van der Waals surface area contributed by atoms with Crippen molar-refractivity contribution in [3.05, 3.63) is 36.5 Å². The summed E-state index contributed by atoms with van der Waals surface area (Å²) in [4.78, 5) is 0. The van der Waals surface area contributed by atoms with Gasteiger partial charge in [0.25, 0.3) is 0 Å². The average Bonchev–Trinajstić information content (AvgIpc) is 2.47. The van der Waals surface area contributed by atoms with E-state index in [4.69, 9.17) is 0 Å². The summed E-state index contributed by atoms with van der Waals surface area (Å²) in [6.45, 7) is 0. The first-order valence-corrected chi connectivity index (χ1v) is 3.65. The summed E-state index contributed by atoms with van der Waals surface area (Å²) in [5, 5.41) is 3.11. The lowest BCUT2D eigenvalue weighted by Crippen LogP contribution is -1.92. The topological polar surface area (TPSA) is 16.4 Å². The molecule has 2 rings (SSSR count). The Kier molecular flexibility index (Phi) is 1.32. The number of rotatable bonds is 1. The van der Waals surface area contributed by atoms with E-state index in [1.165, 1.54) is 5.52 Å². The molecule has 0 unspecified atom stereocenters. The Balaban J connectivity index is 2.76. The molecule has 0 saturated carbocycles. The summed E-state index contributed by atoms with van der Waals surface area (Å²) in [5.74, 6) is 1.13. The lowest BCUT2D eigenvalue weighted by atomic mass is 10.4. The van der Waals surface area contributed by atoms with Crippen LogP contribution in [0, 0.1) is 0 Å². The van der Waals surface area contributed by atoms with Crippen LogP contribution in [0.5, 0.6) is 0 Å². The van der Waals surface area contributed by atoms with Gasteiger partial charge in [0.1, 0.15) is 5.82 Å². The molecule has 0 aromatic carbocycles. The molecule has 0 spiro atoms. The zero-order valence-corrected chi connectivity index (χ0v) is 6.41. The van der Waals surface area contributed by atoms with E-state index in [2.05, 4.69) is 27.9 Å². The van der Waals surface area contributed by atoms with E-state index in [1.807, 2.05) is 25.4 Å². The highest BCUT2D eigenvalue weighted by Crippen LogP contribution is 2.12. The van der Waals surface area contributed by atoms with Gasteiger partial charge >= 0.3 is 0 Å². The van der Waals surface area contributed by atoms with E-state index >= 15 is 0 Å². The van der Waals surface area contributed by atoms with Crippen molar-refractivity contribution in [1.29, 1.82) is 0 Å². The molecule has 0 bridgehead atoms. The molecule has 56 valence electrons.